The summed E-state index contributed by atoms with van der Waals surface area (Å²) in [5.74, 6) is 1.04. The normalized spacial score (nSPS) is 17.0. The lowest BCUT2D eigenvalue weighted by Crippen LogP contribution is -2.39. The van der Waals surface area contributed by atoms with Crippen molar-refractivity contribution in [1.29, 1.82) is 10.5 Å². The molecule has 0 saturated heterocycles. The van der Waals surface area contributed by atoms with Crippen LogP contribution in [0.4, 0.5) is 0 Å². The molecule has 4 unspecified atom stereocenters. The molecule has 26 heavy (non-hydrogen) atoms. The predicted molar refractivity (Wildman–Crippen MR) is 111 cm³/mol. The smallest absolute Gasteiger partial charge is 0.0955 e. The largest absolute Gasteiger partial charge is 0.301 e. The van der Waals surface area contributed by atoms with Crippen LogP contribution >= 0.6 is 0 Å². The Kier molecular flexibility index (Phi) is 11.1. The molecular weight excluding hydrogens is 320 g/mol. The average molecular weight is 363 g/mol. The van der Waals surface area contributed by atoms with Crippen LogP contribution in [0.3, 0.4) is 0 Å². The van der Waals surface area contributed by atoms with E-state index in [9.17, 15) is 10.5 Å². The molecule has 0 aliphatic carbocycles. The van der Waals surface area contributed by atoms with E-state index in [1.165, 1.54) is 0 Å². The van der Waals surface area contributed by atoms with Gasteiger partial charge in [0.1, 0.15) is 0 Å². The molecule has 150 valence electrons. The standard InChI is InChI=1S/C22H42N4/c1-17(13-21(3,4)5)11-19(15-23)25-9-10-26-20(16-24)12-18(2)14-22(6,7)8/h17-20,25-26H,9-14H2,1-8H3. The molecule has 0 fully saturated rings. The molecule has 0 rings (SSSR count). The highest BCUT2D eigenvalue weighted by Crippen LogP contribution is 2.27. The molecule has 0 aliphatic rings. The van der Waals surface area contributed by atoms with Gasteiger partial charge in [0.15, 0.2) is 0 Å². The fourth-order valence-corrected chi connectivity index (χ4v) is 3.92. The van der Waals surface area contributed by atoms with Crippen molar-refractivity contribution in [2.24, 2.45) is 22.7 Å². The SMILES string of the molecule is CC(CC(C#N)NCCNC(C#N)CC(C)CC(C)(C)C)CC(C)(C)C. The van der Waals surface area contributed by atoms with Gasteiger partial charge in [-0.15, -0.1) is 0 Å². The molecule has 0 aromatic heterocycles. The van der Waals surface area contributed by atoms with Gasteiger partial charge in [-0.2, -0.15) is 10.5 Å². The second kappa shape index (κ2) is 11.6. The minimum Gasteiger partial charge on any atom is -0.301 e. The minimum atomic E-state index is -0.116. The summed E-state index contributed by atoms with van der Waals surface area (Å²) in [7, 11) is 0. The van der Waals surface area contributed by atoms with E-state index in [4.69, 9.17) is 0 Å². The lowest BCUT2D eigenvalue weighted by atomic mass is 9.83. The summed E-state index contributed by atoms with van der Waals surface area (Å²) in [6, 6.07) is 4.52. The van der Waals surface area contributed by atoms with Gasteiger partial charge in [-0.25, -0.2) is 0 Å². The molecule has 4 nitrogen and oxygen atoms in total. The average Bonchev–Trinajstić information content (AvgIpc) is 2.45. The molecule has 0 aromatic carbocycles. The van der Waals surface area contributed by atoms with Crippen LogP contribution in [0.5, 0.6) is 0 Å². The first-order chi connectivity index (χ1) is 11.9. The molecule has 0 aliphatic heterocycles. The third-order valence-electron chi connectivity index (χ3n) is 4.42. The molecule has 0 aromatic rings. The Bertz CT molecular complexity index is 414. The molecule has 4 atom stereocenters. The van der Waals surface area contributed by atoms with E-state index >= 15 is 0 Å². The maximum Gasteiger partial charge on any atom is 0.0955 e. The lowest BCUT2D eigenvalue weighted by molar-refractivity contribution is 0.281. The van der Waals surface area contributed by atoms with Crippen LogP contribution in [0.25, 0.3) is 0 Å². The Balaban J connectivity index is 4.16. The van der Waals surface area contributed by atoms with E-state index in [1.54, 1.807) is 0 Å². The van der Waals surface area contributed by atoms with E-state index in [1.807, 2.05) is 0 Å². The molecule has 0 heterocycles. The summed E-state index contributed by atoms with van der Waals surface area (Å²) in [6.45, 7) is 19.3. The predicted octanol–water partition coefficient (Wildman–Crippen LogP) is 4.87. The van der Waals surface area contributed by atoms with Gasteiger partial charge in [0.25, 0.3) is 0 Å². The maximum absolute atomic E-state index is 9.37. The van der Waals surface area contributed by atoms with Crippen LogP contribution in [0, 0.1) is 45.3 Å². The third-order valence-corrected chi connectivity index (χ3v) is 4.42. The Morgan fingerprint density at radius 3 is 1.23 bits per heavy atom. The zero-order chi connectivity index (χ0) is 20.4. The summed E-state index contributed by atoms with van der Waals surface area (Å²) < 4.78 is 0. The van der Waals surface area contributed by atoms with E-state index < -0.39 is 0 Å². The highest BCUT2D eigenvalue weighted by atomic mass is 15.0. The fraction of sp³-hybridized carbons (Fsp3) is 0.909. The second-order valence-electron chi connectivity index (χ2n) is 10.5. The van der Waals surface area contributed by atoms with Crippen molar-refractivity contribution in [2.45, 2.75) is 93.2 Å². The topological polar surface area (TPSA) is 71.6 Å². The Hall–Kier alpha value is -1.10. The van der Waals surface area contributed by atoms with Crippen LogP contribution in [0.2, 0.25) is 0 Å². The van der Waals surface area contributed by atoms with Crippen molar-refractivity contribution in [2.75, 3.05) is 13.1 Å². The third kappa shape index (κ3) is 14.1. The van der Waals surface area contributed by atoms with Crippen LogP contribution in [-0.2, 0) is 0 Å². The molecule has 0 spiro atoms. The van der Waals surface area contributed by atoms with Gasteiger partial charge in [0.2, 0.25) is 0 Å². The molecule has 0 bridgehead atoms. The van der Waals surface area contributed by atoms with E-state index in [0.717, 1.165) is 25.7 Å². The van der Waals surface area contributed by atoms with Gasteiger partial charge >= 0.3 is 0 Å². The number of hydrogen-bond donors (Lipinski definition) is 2. The van der Waals surface area contributed by atoms with Crippen molar-refractivity contribution in [3.05, 3.63) is 0 Å². The van der Waals surface area contributed by atoms with Crippen molar-refractivity contribution in [3.8, 4) is 12.1 Å². The first-order valence-corrected chi connectivity index (χ1v) is 10.1. The summed E-state index contributed by atoms with van der Waals surface area (Å²) in [6.07, 6.45) is 3.98. The van der Waals surface area contributed by atoms with Gasteiger partial charge in [-0.3, -0.25) is 0 Å². The van der Waals surface area contributed by atoms with Gasteiger partial charge < -0.3 is 10.6 Å². The molecule has 0 amide bonds. The Labute approximate surface area is 162 Å². The summed E-state index contributed by atoms with van der Waals surface area (Å²) >= 11 is 0. The zero-order valence-corrected chi connectivity index (χ0v) is 18.4. The molecule has 0 radical (unpaired) electrons. The number of hydrogen-bond acceptors (Lipinski definition) is 4. The number of rotatable bonds is 11. The van der Waals surface area contributed by atoms with E-state index in [2.05, 4.69) is 78.2 Å². The van der Waals surface area contributed by atoms with Crippen molar-refractivity contribution in [3.63, 3.8) is 0 Å². The van der Waals surface area contributed by atoms with Crippen LogP contribution < -0.4 is 10.6 Å². The maximum atomic E-state index is 9.37. The first kappa shape index (κ1) is 24.9. The van der Waals surface area contributed by atoms with Gasteiger partial charge in [0, 0.05) is 13.1 Å². The van der Waals surface area contributed by atoms with Crippen LogP contribution in [-0.4, -0.2) is 25.2 Å². The Morgan fingerprint density at radius 1 is 0.692 bits per heavy atom. The number of nitrogens with zero attached hydrogens (tertiary/aromatic N) is 2. The Morgan fingerprint density at radius 2 is 1.00 bits per heavy atom. The van der Waals surface area contributed by atoms with Gasteiger partial charge in [-0.1, -0.05) is 55.4 Å². The monoisotopic (exact) mass is 362 g/mol. The molecule has 2 N–H and O–H groups in total. The fourth-order valence-electron chi connectivity index (χ4n) is 3.92. The summed E-state index contributed by atoms with van der Waals surface area (Å²) in [4.78, 5) is 0. The van der Waals surface area contributed by atoms with E-state index in [-0.39, 0.29) is 12.1 Å². The highest BCUT2D eigenvalue weighted by Gasteiger charge is 2.20. The molecule has 0 saturated carbocycles. The van der Waals surface area contributed by atoms with Crippen LogP contribution in [0.15, 0.2) is 0 Å². The number of nitriles is 2. The first-order valence-electron chi connectivity index (χ1n) is 10.1. The van der Waals surface area contributed by atoms with Gasteiger partial charge in [-0.05, 0) is 48.3 Å². The second-order valence-corrected chi connectivity index (χ2v) is 10.5. The van der Waals surface area contributed by atoms with Crippen molar-refractivity contribution in [1.82, 2.24) is 10.6 Å². The minimum absolute atomic E-state index is 0.116. The number of nitrogens with one attached hydrogen (secondary N) is 2. The molecule has 4 heteroatoms. The zero-order valence-electron chi connectivity index (χ0n) is 18.4. The van der Waals surface area contributed by atoms with Crippen molar-refractivity contribution >= 4 is 0 Å². The van der Waals surface area contributed by atoms with Crippen molar-refractivity contribution < 1.29 is 0 Å². The van der Waals surface area contributed by atoms with E-state index in [0.29, 0.717) is 35.8 Å². The quantitative estimate of drug-likeness (QED) is 0.514. The summed E-state index contributed by atoms with van der Waals surface area (Å²) in [5, 5.41) is 25.4. The lowest BCUT2D eigenvalue weighted by Gasteiger charge is -2.25. The van der Waals surface area contributed by atoms with Crippen LogP contribution in [0.1, 0.15) is 81.1 Å². The summed E-state index contributed by atoms with van der Waals surface area (Å²) in [5.41, 5.74) is 0.593. The molecular formula is C22H42N4. The highest BCUT2D eigenvalue weighted by molar-refractivity contribution is 4.93. The van der Waals surface area contributed by atoms with Gasteiger partial charge in [0.05, 0.1) is 24.2 Å².